The number of carbonyl (C=O) groups excluding carboxylic acids is 3. The smallest absolute Gasteiger partial charge is 0.325 e. The summed E-state index contributed by atoms with van der Waals surface area (Å²) in [5.74, 6) is -1.32. The minimum Gasteiger partial charge on any atom is -0.468 e. The summed E-state index contributed by atoms with van der Waals surface area (Å²) in [5.41, 5.74) is 0. The monoisotopic (exact) mass is 299 g/mol. The van der Waals surface area contributed by atoms with Crippen LogP contribution in [0.2, 0.25) is 0 Å². The van der Waals surface area contributed by atoms with Crippen LogP contribution in [-0.2, 0) is 23.9 Å². The van der Waals surface area contributed by atoms with Gasteiger partial charge in [0, 0.05) is 5.92 Å². The van der Waals surface area contributed by atoms with Gasteiger partial charge in [-0.1, -0.05) is 32.1 Å². The topological polar surface area (TPSA) is 72.9 Å². The van der Waals surface area contributed by atoms with Crippen molar-refractivity contribution in [2.45, 2.75) is 44.9 Å². The molecule has 1 saturated carbocycles. The summed E-state index contributed by atoms with van der Waals surface area (Å²) in [5, 5.41) is 0. The Bertz CT molecular complexity index is 343. The van der Waals surface area contributed by atoms with Crippen molar-refractivity contribution >= 4 is 17.8 Å². The standard InChI is InChI=1S/C15H25NO5/c1-20-13(17)10-16(11-14(18)21-2)15(19)12-8-6-4-3-5-7-9-12/h12H,3-11H2,1-2H3. The van der Waals surface area contributed by atoms with E-state index in [1.165, 1.54) is 25.5 Å². The molecule has 1 rings (SSSR count). The minimum atomic E-state index is -0.530. The van der Waals surface area contributed by atoms with Crippen LogP contribution < -0.4 is 0 Å². The number of carbonyl (C=O) groups is 3. The van der Waals surface area contributed by atoms with E-state index >= 15 is 0 Å². The van der Waals surface area contributed by atoms with Gasteiger partial charge in [0.2, 0.25) is 5.91 Å². The molecular weight excluding hydrogens is 274 g/mol. The van der Waals surface area contributed by atoms with Gasteiger partial charge in [-0.25, -0.2) is 0 Å². The number of hydrogen-bond donors (Lipinski definition) is 0. The molecule has 1 fully saturated rings. The van der Waals surface area contributed by atoms with E-state index in [0.717, 1.165) is 38.5 Å². The number of rotatable bonds is 5. The fraction of sp³-hybridized carbons (Fsp3) is 0.800. The van der Waals surface area contributed by atoms with Crippen molar-refractivity contribution in [3.05, 3.63) is 0 Å². The van der Waals surface area contributed by atoms with Crippen LogP contribution in [0.3, 0.4) is 0 Å². The van der Waals surface area contributed by atoms with Crippen LogP contribution in [0.4, 0.5) is 0 Å². The first-order chi connectivity index (χ1) is 10.1. The van der Waals surface area contributed by atoms with E-state index in [0.29, 0.717) is 0 Å². The fourth-order valence-electron chi connectivity index (χ4n) is 2.61. The third kappa shape index (κ3) is 6.14. The summed E-state index contributed by atoms with van der Waals surface area (Å²) in [4.78, 5) is 36.7. The van der Waals surface area contributed by atoms with Crippen LogP contribution in [0, 0.1) is 5.92 Å². The maximum atomic E-state index is 12.6. The Morgan fingerprint density at radius 2 is 1.29 bits per heavy atom. The van der Waals surface area contributed by atoms with Crippen LogP contribution in [0.1, 0.15) is 44.9 Å². The lowest BCUT2D eigenvalue weighted by Gasteiger charge is -2.26. The van der Waals surface area contributed by atoms with Crippen LogP contribution >= 0.6 is 0 Å². The average Bonchev–Trinajstić information content (AvgIpc) is 2.45. The van der Waals surface area contributed by atoms with Crippen LogP contribution in [-0.4, -0.2) is 50.1 Å². The van der Waals surface area contributed by atoms with Gasteiger partial charge in [-0.05, 0) is 12.8 Å². The summed E-state index contributed by atoms with van der Waals surface area (Å²) >= 11 is 0. The lowest BCUT2D eigenvalue weighted by Crippen LogP contribution is -2.43. The van der Waals surface area contributed by atoms with Gasteiger partial charge >= 0.3 is 11.9 Å². The van der Waals surface area contributed by atoms with E-state index in [2.05, 4.69) is 9.47 Å². The SMILES string of the molecule is COC(=O)CN(CC(=O)OC)C(=O)C1CCCCCCC1. The van der Waals surface area contributed by atoms with Gasteiger partial charge in [0.25, 0.3) is 0 Å². The average molecular weight is 299 g/mol. The summed E-state index contributed by atoms with van der Waals surface area (Å²) in [7, 11) is 2.53. The van der Waals surface area contributed by atoms with Gasteiger partial charge < -0.3 is 14.4 Å². The Morgan fingerprint density at radius 3 is 1.71 bits per heavy atom. The molecule has 0 aromatic heterocycles. The van der Waals surface area contributed by atoms with Gasteiger partial charge in [-0.3, -0.25) is 14.4 Å². The number of ether oxygens (including phenoxy) is 2. The second-order valence-electron chi connectivity index (χ2n) is 5.39. The lowest BCUT2D eigenvalue weighted by molar-refractivity contribution is -0.153. The number of esters is 2. The van der Waals surface area contributed by atoms with Gasteiger partial charge in [0.15, 0.2) is 0 Å². The van der Waals surface area contributed by atoms with Gasteiger partial charge in [-0.2, -0.15) is 0 Å². The van der Waals surface area contributed by atoms with Crippen molar-refractivity contribution in [3.63, 3.8) is 0 Å². The quantitative estimate of drug-likeness (QED) is 0.720. The molecule has 0 radical (unpaired) electrons. The highest BCUT2D eigenvalue weighted by Crippen LogP contribution is 2.24. The van der Waals surface area contributed by atoms with Gasteiger partial charge in [0.1, 0.15) is 13.1 Å². The second-order valence-corrected chi connectivity index (χ2v) is 5.39. The number of hydrogen-bond acceptors (Lipinski definition) is 5. The molecule has 0 aromatic carbocycles. The zero-order valence-corrected chi connectivity index (χ0v) is 12.9. The van der Waals surface area contributed by atoms with Crippen molar-refractivity contribution in [2.75, 3.05) is 27.3 Å². The molecule has 0 spiro atoms. The van der Waals surface area contributed by atoms with Crippen molar-refractivity contribution in [1.82, 2.24) is 4.90 Å². The molecule has 1 aliphatic carbocycles. The Balaban J connectivity index is 2.71. The molecule has 21 heavy (non-hydrogen) atoms. The fourth-order valence-corrected chi connectivity index (χ4v) is 2.61. The molecule has 0 unspecified atom stereocenters. The third-order valence-corrected chi connectivity index (χ3v) is 3.86. The molecule has 0 saturated heterocycles. The predicted octanol–water partition coefficient (Wildman–Crippen LogP) is 1.52. The number of methoxy groups -OCH3 is 2. The first-order valence-electron chi connectivity index (χ1n) is 7.51. The lowest BCUT2D eigenvalue weighted by atomic mass is 9.90. The summed E-state index contributed by atoms with van der Waals surface area (Å²) in [6, 6.07) is 0. The highest BCUT2D eigenvalue weighted by atomic mass is 16.5. The Labute approximate surface area is 125 Å². The Kier molecular flexibility index (Phi) is 7.79. The number of nitrogens with zero attached hydrogens (tertiary/aromatic N) is 1. The molecule has 0 aliphatic heterocycles. The van der Waals surface area contributed by atoms with Crippen molar-refractivity contribution in [1.29, 1.82) is 0 Å². The Hall–Kier alpha value is -1.59. The highest BCUT2D eigenvalue weighted by Gasteiger charge is 2.28. The zero-order valence-electron chi connectivity index (χ0n) is 12.9. The summed E-state index contributed by atoms with van der Waals surface area (Å²) in [6.45, 7) is -0.415. The predicted molar refractivity (Wildman–Crippen MR) is 76.4 cm³/mol. The number of amides is 1. The largest absolute Gasteiger partial charge is 0.468 e. The molecule has 0 heterocycles. The molecule has 0 bridgehead atoms. The maximum Gasteiger partial charge on any atom is 0.325 e. The van der Waals surface area contributed by atoms with Crippen molar-refractivity contribution in [2.24, 2.45) is 5.92 Å². The normalized spacial score (nSPS) is 16.5. The molecule has 6 heteroatoms. The zero-order chi connectivity index (χ0) is 15.7. The molecule has 0 aromatic rings. The first-order valence-corrected chi connectivity index (χ1v) is 7.51. The van der Waals surface area contributed by atoms with Crippen molar-refractivity contribution < 1.29 is 23.9 Å². The van der Waals surface area contributed by atoms with Crippen LogP contribution in [0.5, 0.6) is 0 Å². The van der Waals surface area contributed by atoms with E-state index in [-0.39, 0.29) is 24.9 Å². The molecule has 0 atom stereocenters. The molecule has 1 aliphatic rings. The summed E-state index contributed by atoms with van der Waals surface area (Å²) in [6.07, 6.45) is 7.15. The molecule has 0 N–H and O–H groups in total. The van der Waals surface area contributed by atoms with Gasteiger partial charge in [-0.15, -0.1) is 0 Å². The van der Waals surface area contributed by atoms with Crippen molar-refractivity contribution in [3.8, 4) is 0 Å². The minimum absolute atomic E-state index is 0.111. The molecule has 1 amide bonds. The second kappa shape index (κ2) is 9.37. The van der Waals surface area contributed by atoms with Crippen LogP contribution in [0.15, 0.2) is 0 Å². The van der Waals surface area contributed by atoms with E-state index in [1.54, 1.807) is 0 Å². The highest BCUT2D eigenvalue weighted by molar-refractivity contribution is 5.87. The first kappa shape index (κ1) is 17.5. The molecule has 6 nitrogen and oxygen atoms in total. The molecule has 120 valence electrons. The van der Waals surface area contributed by atoms with E-state index < -0.39 is 11.9 Å². The van der Waals surface area contributed by atoms with Gasteiger partial charge in [0.05, 0.1) is 14.2 Å². The van der Waals surface area contributed by atoms with E-state index in [4.69, 9.17) is 0 Å². The molecular formula is C15H25NO5. The Morgan fingerprint density at radius 1 is 0.857 bits per heavy atom. The maximum absolute atomic E-state index is 12.6. The summed E-state index contributed by atoms with van der Waals surface area (Å²) < 4.78 is 9.19. The van der Waals surface area contributed by atoms with Crippen LogP contribution in [0.25, 0.3) is 0 Å². The van der Waals surface area contributed by atoms with E-state index in [1.807, 2.05) is 0 Å². The van der Waals surface area contributed by atoms with E-state index in [9.17, 15) is 14.4 Å². The third-order valence-electron chi connectivity index (χ3n) is 3.86.